The largest absolute Gasteiger partial charge is 0.497 e. The van der Waals surface area contributed by atoms with Gasteiger partial charge in [-0.25, -0.2) is 0 Å². The first-order valence-corrected chi connectivity index (χ1v) is 9.93. The van der Waals surface area contributed by atoms with Crippen molar-refractivity contribution >= 4 is 23.4 Å². The van der Waals surface area contributed by atoms with Gasteiger partial charge in [-0.1, -0.05) is 44.7 Å². The van der Waals surface area contributed by atoms with Crippen molar-refractivity contribution < 1.29 is 9.53 Å². The van der Waals surface area contributed by atoms with E-state index in [-0.39, 0.29) is 17.1 Å². The lowest BCUT2D eigenvalue weighted by atomic mass is 9.87. The maximum absolute atomic E-state index is 12.3. The first-order chi connectivity index (χ1) is 13.4. The molecule has 1 aromatic heterocycles. The van der Waals surface area contributed by atoms with Gasteiger partial charge in [0.25, 0.3) is 0 Å². The van der Waals surface area contributed by atoms with E-state index in [1.165, 1.54) is 17.3 Å². The number of nitrogens with zero attached hydrogens (tertiary/aromatic N) is 3. The highest BCUT2D eigenvalue weighted by atomic mass is 32.2. The van der Waals surface area contributed by atoms with E-state index in [1.807, 2.05) is 53.1 Å². The second kappa shape index (κ2) is 8.48. The number of amides is 1. The van der Waals surface area contributed by atoms with Gasteiger partial charge in [-0.2, -0.15) is 0 Å². The Labute approximate surface area is 169 Å². The highest BCUT2D eigenvalue weighted by molar-refractivity contribution is 7.99. The molecule has 0 radical (unpaired) electrons. The number of carbonyl (C=O) groups excluding carboxylic acids is 1. The summed E-state index contributed by atoms with van der Waals surface area (Å²) in [7, 11) is 1.63. The molecule has 7 heteroatoms. The van der Waals surface area contributed by atoms with Crippen LogP contribution in [-0.4, -0.2) is 33.5 Å². The van der Waals surface area contributed by atoms with Crippen LogP contribution in [0.2, 0.25) is 0 Å². The number of aromatic nitrogens is 3. The van der Waals surface area contributed by atoms with Crippen molar-refractivity contribution in [3.63, 3.8) is 0 Å². The Morgan fingerprint density at radius 2 is 1.79 bits per heavy atom. The molecule has 1 heterocycles. The van der Waals surface area contributed by atoms with E-state index >= 15 is 0 Å². The molecule has 0 aliphatic rings. The first kappa shape index (κ1) is 19.9. The van der Waals surface area contributed by atoms with E-state index < -0.39 is 0 Å². The lowest BCUT2D eigenvalue weighted by molar-refractivity contribution is -0.113. The van der Waals surface area contributed by atoms with Gasteiger partial charge < -0.3 is 10.1 Å². The number of nitrogens with one attached hydrogen (secondary N) is 1. The second-order valence-corrected chi connectivity index (χ2v) is 8.29. The predicted octanol–water partition coefficient (Wildman–Crippen LogP) is 4.30. The topological polar surface area (TPSA) is 69.0 Å². The molecule has 1 N–H and O–H groups in total. The smallest absolute Gasteiger partial charge is 0.234 e. The standard InChI is InChI=1S/C21H24N4O2S/c1-21(2,3)15-5-7-16(8-6-15)23-19(26)13-28-20-24-22-14-25(20)17-9-11-18(27-4)12-10-17/h5-12,14H,13H2,1-4H3,(H,23,26). The average molecular weight is 397 g/mol. The second-order valence-electron chi connectivity index (χ2n) is 7.35. The fraction of sp³-hybridized carbons (Fsp3) is 0.286. The van der Waals surface area contributed by atoms with E-state index in [0.29, 0.717) is 5.16 Å². The summed E-state index contributed by atoms with van der Waals surface area (Å²) in [5.41, 5.74) is 3.01. The zero-order chi connectivity index (χ0) is 20.1. The Balaban J connectivity index is 1.60. The van der Waals surface area contributed by atoms with Gasteiger partial charge in [0.05, 0.1) is 12.9 Å². The molecule has 0 atom stereocenters. The van der Waals surface area contributed by atoms with E-state index in [4.69, 9.17) is 4.74 Å². The number of hydrogen-bond donors (Lipinski definition) is 1. The van der Waals surface area contributed by atoms with Crippen molar-refractivity contribution in [1.29, 1.82) is 0 Å². The van der Waals surface area contributed by atoms with Crippen molar-refractivity contribution in [2.75, 3.05) is 18.2 Å². The molecule has 3 aromatic rings. The molecular weight excluding hydrogens is 372 g/mol. The summed E-state index contributed by atoms with van der Waals surface area (Å²) in [4.78, 5) is 12.3. The predicted molar refractivity (Wildman–Crippen MR) is 112 cm³/mol. The zero-order valence-corrected chi connectivity index (χ0v) is 17.3. The van der Waals surface area contributed by atoms with Crippen LogP contribution >= 0.6 is 11.8 Å². The molecule has 0 spiro atoms. The number of methoxy groups -OCH3 is 1. The minimum atomic E-state index is -0.0854. The lowest BCUT2D eigenvalue weighted by Crippen LogP contribution is -2.15. The van der Waals surface area contributed by atoms with E-state index in [1.54, 1.807) is 13.4 Å². The third-order valence-corrected chi connectivity index (χ3v) is 5.18. The van der Waals surface area contributed by atoms with Crippen LogP contribution in [0.15, 0.2) is 60.0 Å². The number of ether oxygens (including phenoxy) is 1. The summed E-state index contributed by atoms with van der Waals surface area (Å²) in [6.07, 6.45) is 1.63. The zero-order valence-electron chi connectivity index (χ0n) is 16.5. The molecular formula is C21H24N4O2S. The maximum atomic E-state index is 12.3. The van der Waals surface area contributed by atoms with Gasteiger partial charge in [0.2, 0.25) is 5.91 Å². The van der Waals surface area contributed by atoms with Crippen LogP contribution in [0.1, 0.15) is 26.3 Å². The van der Waals surface area contributed by atoms with Crippen LogP contribution in [0.4, 0.5) is 5.69 Å². The monoisotopic (exact) mass is 396 g/mol. The molecule has 1 amide bonds. The van der Waals surface area contributed by atoms with Crippen LogP contribution in [0.5, 0.6) is 5.75 Å². The van der Waals surface area contributed by atoms with Crippen molar-refractivity contribution in [1.82, 2.24) is 14.8 Å². The Morgan fingerprint density at radius 1 is 1.11 bits per heavy atom. The Hall–Kier alpha value is -2.80. The van der Waals surface area contributed by atoms with Gasteiger partial charge in [-0.05, 0) is 47.4 Å². The Kier molecular flexibility index (Phi) is 6.04. The summed E-state index contributed by atoms with van der Waals surface area (Å²) in [6, 6.07) is 15.5. The van der Waals surface area contributed by atoms with Crippen molar-refractivity contribution in [2.24, 2.45) is 0 Å². The molecule has 0 saturated heterocycles. The van der Waals surface area contributed by atoms with Gasteiger partial charge in [0.1, 0.15) is 12.1 Å². The Bertz CT molecular complexity index is 928. The number of anilines is 1. The molecule has 28 heavy (non-hydrogen) atoms. The van der Waals surface area contributed by atoms with Crippen LogP contribution < -0.4 is 10.1 Å². The van der Waals surface area contributed by atoms with Crippen LogP contribution in [0.25, 0.3) is 5.69 Å². The SMILES string of the molecule is COc1ccc(-n2cnnc2SCC(=O)Nc2ccc(C(C)(C)C)cc2)cc1. The van der Waals surface area contributed by atoms with E-state index in [0.717, 1.165) is 17.1 Å². The van der Waals surface area contributed by atoms with Crippen LogP contribution in [0, 0.1) is 0 Å². The number of thioether (sulfide) groups is 1. The van der Waals surface area contributed by atoms with Gasteiger partial charge in [0, 0.05) is 11.4 Å². The van der Waals surface area contributed by atoms with Crippen molar-refractivity contribution in [3.05, 3.63) is 60.4 Å². The normalized spacial score (nSPS) is 11.3. The van der Waals surface area contributed by atoms with Crippen LogP contribution in [0.3, 0.4) is 0 Å². The van der Waals surface area contributed by atoms with Gasteiger partial charge in [-0.15, -0.1) is 10.2 Å². The summed E-state index contributed by atoms with van der Waals surface area (Å²) >= 11 is 1.34. The summed E-state index contributed by atoms with van der Waals surface area (Å²) in [5.74, 6) is 0.941. The molecule has 3 rings (SSSR count). The fourth-order valence-corrected chi connectivity index (χ4v) is 3.35. The van der Waals surface area contributed by atoms with Crippen LogP contribution in [-0.2, 0) is 10.2 Å². The first-order valence-electron chi connectivity index (χ1n) is 8.94. The molecule has 0 aliphatic heterocycles. The molecule has 6 nitrogen and oxygen atoms in total. The molecule has 0 unspecified atom stereocenters. The van der Waals surface area contributed by atoms with Gasteiger partial charge in [0.15, 0.2) is 5.16 Å². The number of rotatable bonds is 6. The van der Waals surface area contributed by atoms with E-state index in [2.05, 4.69) is 36.3 Å². The molecule has 0 aliphatic carbocycles. The van der Waals surface area contributed by atoms with Gasteiger partial charge in [-0.3, -0.25) is 9.36 Å². The van der Waals surface area contributed by atoms with Crippen molar-refractivity contribution in [2.45, 2.75) is 31.3 Å². The molecule has 146 valence electrons. The minimum absolute atomic E-state index is 0.0854. The van der Waals surface area contributed by atoms with Crippen molar-refractivity contribution in [3.8, 4) is 11.4 Å². The van der Waals surface area contributed by atoms with E-state index in [9.17, 15) is 4.79 Å². The number of carbonyl (C=O) groups is 1. The number of benzene rings is 2. The third-order valence-electron chi connectivity index (χ3n) is 4.23. The summed E-state index contributed by atoms with van der Waals surface area (Å²) in [5, 5.41) is 11.7. The number of hydrogen-bond acceptors (Lipinski definition) is 5. The fourth-order valence-electron chi connectivity index (χ4n) is 2.62. The Morgan fingerprint density at radius 3 is 2.39 bits per heavy atom. The molecule has 2 aromatic carbocycles. The maximum Gasteiger partial charge on any atom is 0.234 e. The average Bonchev–Trinajstić information content (AvgIpc) is 3.15. The third kappa shape index (κ3) is 4.92. The lowest BCUT2D eigenvalue weighted by Gasteiger charge is -2.19. The molecule has 0 saturated carbocycles. The molecule has 0 bridgehead atoms. The highest BCUT2D eigenvalue weighted by Gasteiger charge is 2.14. The van der Waals surface area contributed by atoms with Gasteiger partial charge >= 0.3 is 0 Å². The molecule has 0 fully saturated rings. The summed E-state index contributed by atoms with van der Waals surface area (Å²) in [6.45, 7) is 6.49. The highest BCUT2D eigenvalue weighted by Crippen LogP contribution is 2.24. The minimum Gasteiger partial charge on any atom is -0.497 e. The quantitative estimate of drug-likeness (QED) is 0.629. The summed E-state index contributed by atoms with van der Waals surface area (Å²) < 4.78 is 7.02.